The molecule has 0 spiro atoms. The average molecular weight is 646 g/mol. The molecule has 5 rings (SSSR count). The molecule has 4 atom stereocenters. The minimum atomic E-state index is -0.460. The van der Waals surface area contributed by atoms with Gasteiger partial charge in [0.2, 0.25) is 6.79 Å². The van der Waals surface area contributed by atoms with Gasteiger partial charge in [0.1, 0.15) is 5.75 Å². The Bertz CT molecular complexity index is 1500. The van der Waals surface area contributed by atoms with E-state index >= 15 is 0 Å². The first-order valence-electron chi connectivity index (χ1n) is 16.5. The highest BCUT2D eigenvalue weighted by Crippen LogP contribution is 2.33. The number of carbonyl (C=O) groups is 2. The van der Waals surface area contributed by atoms with Crippen molar-refractivity contribution < 1.29 is 33.6 Å². The van der Waals surface area contributed by atoms with Gasteiger partial charge in [0.25, 0.3) is 11.8 Å². The summed E-state index contributed by atoms with van der Waals surface area (Å²) in [6.07, 6.45) is 2.29. The molecule has 0 radical (unpaired) electrons. The van der Waals surface area contributed by atoms with Crippen LogP contribution in [0.2, 0.25) is 0 Å². The third-order valence-corrected chi connectivity index (χ3v) is 8.73. The minimum Gasteiger partial charge on any atom is -0.490 e. The molecule has 47 heavy (non-hydrogen) atoms. The molecule has 3 aromatic rings. The second kappa shape index (κ2) is 16.1. The molecule has 0 fully saturated rings. The quantitative estimate of drug-likeness (QED) is 0.326. The van der Waals surface area contributed by atoms with Crippen LogP contribution in [-0.4, -0.2) is 85.1 Å². The number of amides is 2. The first kappa shape index (κ1) is 34.2. The van der Waals surface area contributed by atoms with Crippen molar-refractivity contribution in [1.29, 1.82) is 0 Å². The molecule has 2 heterocycles. The van der Waals surface area contributed by atoms with E-state index in [-0.39, 0.29) is 43.3 Å². The van der Waals surface area contributed by atoms with E-state index in [0.29, 0.717) is 48.8 Å². The third-order valence-electron chi connectivity index (χ3n) is 8.73. The van der Waals surface area contributed by atoms with Crippen molar-refractivity contribution in [3.05, 3.63) is 83.4 Å². The number of nitrogens with zero attached hydrogens (tertiary/aromatic N) is 2. The van der Waals surface area contributed by atoms with Crippen LogP contribution in [0.3, 0.4) is 0 Å². The highest BCUT2D eigenvalue weighted by molar-refractivity contribution is 6.05. The third kappa shape index (κ3) is 9.03. The maximum absolute atomic E-state index is 14.4. The Morgan fingerprint density at radius 2 is 1.79 bits per heavy atom. The predicted molar refractivity (Wildman–Crippen MR) is 180 cm³/mol. The highest BCUT2D eigenvalue weighted by atomic mass is 16.7. The second-order valence-corrected chi connectivity index (χ2v) is 12.7. The van der Waals surface area contributed by atoms with Gasteiger partial charge < -0.3 is 34.3 Å². The van der Waals surface area contributed by atoms with Crippen LogP contribution in [0.4, 0.5) is 5.69 Å². The molecule has 10 nitrogen and oxygen atoms in total. The number of carbonyl (C=O) groups excluding carboxylic acids is 2. The number of fused-ring (bicyclic) bond motifs is 2. The van der Waals surface area contributed by atoms with Crippen molar-refractivity contribution in [1.82, 2.24) is 9.80 Å². The number of benzene rings is 3. The number of nitrogens with one attached hydrogen (secondary N) is 1. The van der Waals surface area contributed by atoms with Gasteiger partial charge in [-0.1, -0.05) is 31.2 Å². The fourth-order valence-corrected chi connectivity index (χ4v) is 5.98. The number of rotatable bonds is 8. The summed E-state index contributed by atoms with van der Waals surface area (Å²) < 4.78 is 23.9. The number of hydrogen-bond acceptors (Lipinski definition) is 8. The van der Waals surface area contributed by atoms with E-state index in [9.17, 15) is 14.7 Å². The molecular weight excluding hydrogens is 598 g/mol. The molecule has 0 bridgehead atoms. The van der Waals surface area contributed by atoms with Crippen LogP contribution in [0.1, 0.15) is 66.3 Å². The Balaban J connectivity index is 1.38. The fraction of sp³-hybridized carbons (Fsp3) is 0.459. The summed E-state index contributed by atoms with van der Waals surface area (Å²) in [6, 6.07) is 19.6. The van der Waals surface area contributed by atoms with Gasteiger partial charge in [-0.2, -0.15) is 0 Å². The van der Waals surface area contributed by atoms with E-state index in [1.807, 2.05) is 38.1 Å². The molecule has 0 saturated carbocycles. The number of likely N-dealkylation sites (N-methyl/N-ethyl adjacent to an activating group) is 1. The normalized spacial score (nSPS) is 21.0. The summed E-state index contributed by atoms with van der Waals surface area (Å²) >= 11 is 0. The van der Waals surface area contributed by atoms with Crippen molar-refractivity contribution in [2.24, 2.45) is 5.92 Å². The maximum atomic E-state index is 14.4. The largest absolute Gasteiger partial charge is 0.490 e. The first-order chi connectivity index (χ1) is 22.7. The highest BCUT2D eigenvalue weighted by Gasteiger charge is 2.30. The molecule has 0 saturated heterocycles. The molecule has 0 aliphatic carbocycles. The maximum Gasteiger partial charge on any atom is 0.258 e. The van der Waals surface area contributed by atoms with Crippen LogP contribution in [-0.2, 0) is 11.3 Å². The van der Waals surface area contributed by atoms with E-state index in [1.54, 1.807) is 47.4 Å². The van der Waals surface area contributed by atoms with E-state index in [4.69, 9.17) is 18.9 Å². The zero-order chi connectivity index (χ0) is 33.3. The number of aliphatic hydroxyl groups excluding tert-OH is 1. The lowest BCUT2D eigenvalue weighted by Gasteiger charge is -2.36. The van der Waals surface area contributed by atoms with Gasteiger partial charge in [0.05, 0.1) is 30.4 Å². The van der Waals surface area contributed by atoms with E-state index in [2.05, 4.69) is 24.2 Å². The monoisotopic (exact) mass is 645 g/mol. The molecule has 10 heteroatoms. The summed E-state index contributed by atoms with van der Waals surface area (Å²) in [4.78, 5) is 31.2. The summed E-state index contributed by atoms with van der Waals surface area (Å²) in [7, 11) is 2.06. The molecule has 0 aromatic heterocycles. The fourth-order valence-electron chi connectivity index (χ4n) is 5.98. The Morgan fingerprint density at radius 1 is 1.02 bits per heavy atom. The molecule has 252 valence electrons. The molecule has 2 amide bonds. The van der Waals surface area contributed by atoms with Crippen molar-refractivity contribution in [3.8, 4) is 17.2 Å². The number of hydrogen-bond donors (Lipinski definition) is 2. The second-order valence-electron chi connectivity index (χ2n) is 12.7. The van der Waals surface area contributed by atoms with Crippen LogP contribution in [0.15, 0.2) is 66.7 Å². The lowest BCUT2D eigenvalue weighted by Crippen LogP contribution is -2.47. The summed E-state index contributed by atoms with van der Waals surface area (Å²) in [6.45, 7) is 8.26. The smallest absolute Gasteiger partial charge is 0.258 e. The SMILES string of the molecule is C[C@@H]1CCCCO[C@@H](CN(C)Cc2ccc3c(c2)OCO3)[C@@H](C)CN([C@@H](C)CO)C(=O)c2cc(NC(=O)c3ccccc3)ccc2O1. The van der Waals surface area contributed by atoms with Gasteiger partial charge in [-0.3, -0.25) is 14.5 Å². The van der Waals surface area contributed by atoms with Crippen LogP contribution >= 0.6 is 0 Å². The van der Waals surface area contributed by atoms with Gasteiger partial charge in [0, 0.05) is 43.4 Å². The van der Waals surface area contributed by atoms with Gasteiger partial charge >= 0.3 is 0 Å². The molecule has 2 aliphatic rings. The van der Waals surface area contributed by atoms with E-state index < -0.39 is 6.04 Å². The summed E-state index contributed by atoms with van der Waals surface area (Å²) in [5.74, 6) is 1.37. The number of aliphatic hydroxyl groups is 1. The van der Waals surface area contributed by atoms with Gasteiger partial charge in [-0.05, 0) is 88.2 Å². The van der Waals surface area contributed by atoms with E-state index in [0.717, 1.165) is 36.3 Å². The lowest BCUT2D eigenvalue weighted by atomic mass is 10.0. The lowest BCUT2D eigenvalue weighted by molar-refractivity contribution is -0.0177. The predicted octanol–water partition coefficient (Wildman–Crippen LogP) is 5.60. The number of ether oxygens (including phenoxy) is 4. The zero-order valence-corrected chi connectivity index (χ0v) is 27.8. The topological polar surface area (TPSA) is 110 Å². The minimum absolute atomic E-state index is 0.0562. The van der Waals surface area contributed by atoms with Crippen molar-refractivity contribution in [2.45, 2.75) is 64.8 Å². The molecule has 3 aromatic carbocycles. The van der Waals surface area contributed by atoms with Crippen LogP contribution in [0.5, 0.6) is 17.2 Å². The average Bonchev–Trinajstić information content (AvgIpc) is 3.54. The first-order valence-corrected chi connectivity index (χ1v) is 16.5. The van der Waals surface area contributed by atoms with E-state index in [1.165, 1.54) is 0 Å². The Hall–Kier alpha value is -4.12. The Morgan fingerprint density at radius 3 is 2.57 bits per heavy atom. The standard InChI is InChI=1S/C37H47N3O7/c1-25-20-40(26(2)23-41)37(43)31-19-30(38-36(42)29-11-6-5-7-12-29)14-16-32(31)47-27(3)10-8-9-17-44-35(25)22-39(4)21-28-13-15-33-34(18-28)46-24-45-33/h5-7,11-16,18-19,25-27,35,41H,8-10,17,20-24H2,1-4H3,(H,38,42)/t25-,26-,27+,35-/m0/s1. The Labute approximate surface area is 277 Å². The molecule has 2 N–H and O–H groups in total. The molecule has 0 unspecified atom stereocenters. The molecular formula is C37H47N3O7. The summed E-state index contributed by atoms with van der Waals surface area (Å²) in [5.41, 5.74) is 2.45. The zero-order valence-electron chi connectivity index (χ0n) is 27.8. The van der Waals surface area contributed by atoms with Crippen LogP contribution in [0, 0.1) is 5.92 Å². The van der Waals surface area contributed by atoms with Gasteiger partial charge in [-0.15, -0.1) is 0 Å². The van der Waals surface area contributed by atoms with Crippen LogP contribution < -0.4 is 19.5 Å². The van der Waals surface area contributed by atoms with Crippen LogP contribution in [0.25, 0.3) is 0 Å². The van der Waals surface area contributed by atoms with Gasteiger partial charge in [0.15, 0.2) is 11.5 Å². The van der Waals surface area contributed by atoms with Crippen molar-refractivity contribution in [3.63, 3.8) is 0 Å². The summed E-state index contributed by atoms with van der Waals surface area (Å²) in [5, 5.41) is 13.2. The van der Waals surface area contributed by atoms with Crippen molar-refractivity contribution in [2.75, 3.05) is 45.5 Å². The number of anilines is 1. The van der Waals surface area contributed by atoms with Gasteiger partial charge in [-0.25, -0.2) is 0 Å². The molecule has 2 aliphatic heterocycles. The van der Waals surface area contributed by atoms with Crippen molar-refractivity contribution >= 4 is 17.5 Å². The Kier molecular flexibility index (Phi) is 11.7.